The standard InChI is InChI=1S/C21H16F3N3O4/c1-29-17-4-2-3-14(11-17)20(28)31-27-19(25)13-5-8-16(9-6-13)30-18-10-7-15(12-26-18)21(22,23)24/h2-12H,1H3,(H2,25,27). The Kier molecular flexibility index (Phi) is 6.39. The molecule has 31 heavy (non-hydrogen) atoms. The molecule has 0 unspecified atom stereocenters. The van der Waals surface area contributed by atoms with E-state index in [9.17, 15) is 18.0 Å². The van der Waals surface area contributed by atoms with E-state index in [1.807, 2.05) is 0 Å². The summed E-state index contributed by atoms with van der Waals surface area (Å²) in [7, 11) is 1.47. The fraction of sp³-hybridized carbons (Fsp3) is 0.0952. The number of alkyl halides is 3. The quantitative estimate of drug-likeness (QED) is 0.269. The largest absolute Gasteiger partial charge is 0.497 e. The average molecular weight is 431 g/mol. The Morgan fingerprint density at radius 1 is 1.00 bits per heavy atom. The summed E-state index contributed by atoms with van der Waals surface area (Å²) in [6, 6.07) is 14.4. The predicted molar refractivity (Wildman–Crippen MR) is 105 cm³/mol. The van der Waals surface area contributed by atoms with E-state index in [0.29, 0.717) is 23.3 Å². The number of aromatic nitrogens is 1. The molecule has 0 aliphatic heterocycles. The molecule has 0 atom stereocenters. The Morgan fingerprint density at radius 3 is 2.35 bits per heavy atom. The topological polar surface area (TPSA) is 96.0 Å². The molecule has 3 rings (SSSR count). The van der Waals surface area contributed by atoms with Crippen LogP contribution in [0.3, 0.4) is 0 Å². The van der Waals surface area contributed by atoms with Gasteiger partial charge in [0, 0.05) is 17.8 Å². The monoisotopic (exact) mass is 431 g/mol. The third kappa shape index (κ3) is 5.72. The molecule has 160 valence electrons. The van der Waals surface area contributed by atoms with Gasteiger partial charge >= 0.3 is 12.1 Å². The highest BCUT2D eigenvalue weighted by Crippen LogP contribution is 2.30. The molecule has 0 aliphatic rings. The second-order valence-corrected chi connectivity index (χ2v) is 6.10. The molecule has 0 radical (unpaired) electrons. The van der Waals surface area contributed by atoms with Gasteiger partial charge in [-0.05, 0) is 48.5 Å². The van der Waals surface area contributed by atoms with Gasteiger partial charge in [0.05, 0.1) is 18.2 Å². The molecule has 0 amide bonds. The van der Waals surface area contributed by atoms with Crippen LogP contribution in [0.1, 0.15) is 21.5 Å². The second-order valence-electron chi connectivity index (χ2n) is 6.10. The zero-order valence-electron chi connectivity index (χ0n) is 16.1. The van der Waals surface area contributed by atoms with E-state index in [2.05, 4.69) is 10.1 Å². The summed E-state index contributed by atoms with van der Waals surface area (Å²) < 4.78 is 48.1. The highest BCUT2D eigenvalue weighted by atomic mass is 19.4. The van der Waals surface area contributed by atoms with Crippen molar-refractivity contribution in [2.45, 2.75) is 6.18 Å². The van der Waals surface area contributed by atoms with Crippen LogP contribution in [0.5, 0.6) is 17.4 Å². The van der Waals surface area contributed by atoms with Gasteiger partial charge in [-0.25, -0.2) is 9.78 Å². The van der Waals surface area contributed by atoms with E-state index >= 15 is 0 Å². The maximum absolute atomic E-state index is 12.6. The number of pyridine rings is 1. The van der Waals surface area contributed by atoms with Crippen molar-refractivity contribution in [2.75, 3.05) is 7.11 Å². The Hall–Kier alpha value is -4.08. The SMILES string of the molecule is COc1cccc(C(=O)O/N=C(\N)c2ccc(Oc3ccc(C(F)(F)F)cn3)cc2)c1. The molecule has 0 spiro atoms. The van der Waals surface area contributed by atoms with Crippen molar-refractivity contribution in [3.8, 4) is 17.4 Å². The highest BCUT2D eigenvalue weighted by molar-refractivity contribution is 5.98. The maximum Gasteiger partial charge on any atom is 0.417 e. The first kappa shape index (κ1) is 21.6. The molecule has 0 fully saturated rings. The zero-order valence-corrected chi connectivity index (χ0v) is 16.1. The first-order valence-corrected chi connectivity index (χ1v) is 8.76. The molecule has 1 aromatic heterocycles. The van der Waals surface area contributed by atoms with Gasteiger partial charge in [-0.2, -0.15) is 13.2 Å². The Balaban J connectivity index is 1.62. The molecule has 10 heteroatoms. The summed E-state index contributed by atoms with van der Waals surface area (Å²) in [5.41, 5.74) is 5.63. The van der Waals surface area contributed by atoms with Crippen LogP contribution in [0.4, 0.5) is 13.2 Å². The summed E-state index contributed by atoms with van der Waals surface area (Å²) in [6.07, 6.45) is -3.79. The molecule has 0 aliphatic carbocycles. The molecule has 0 saturated heterocycles. The molecule has 1 heterocycles. The Bertz CT molecular complexity index is 1080. The number of carbonyl (C=O) groups excluding carboxylic acids is 1. The third-order valence-electron chi connectivity index (χ3n) is 3.97. The number of nitrogens with zero attached hydrogens (tertiary/aromatic N) is 2. The molecule has 3 aromatic rings. The summed E-state index contributed by atoms with van der Waals surface area (Å²) in [5, 5.41) is 3.62. The third-order valence-corrected chi connectivity index (χ3v) is 3.97. The van der Waals surface area contributed by atoms with E-state index in [1.54, 1.807) is 12.1 Å². The van der Waals surface area contributed by atoms with E-state index in [-0.39, 0.29) is 17.3 Å². The number of halogens is 3. The second kappa shape index (κ2) is 9.16. The number of carbonyl (C=O) groups is 1. The van der Waals surface area contributed by atoms with Gasteiger partial charge in [-0.3, -0.25) is 0 Å². The number of benzene rings is 2. The minimum absolute atomic E-state index is 0.00499. The van der Waals surface area contributed by atoms with E-state index in [4.69, 9.17) is 20.0 Å². The number of nitrogens with two attached hydrogens (primary N) is 1. The lowest BCUT2D eigenvalue weighted by Gasteiger charge is -2.08. The summed E-state index contributed by atoms with van der Waals surface area (Å²) >= 11 is 0. The van der Waals surface area contributed by atoms with Crippen molar-refractivity contribution in [1.29, 1.82) is 0 Å². The number of amidine groups is 1. The number of hydrogen-bond donors (Lipinski definition) is 1. The lowest BCUT2D eigenvalue weighted by molar-refractivity contribution is -0.137. The fourth-order valence-corrected chi connectivity index (χ4v) is 2.37. The average Bonchev–Trinajstić information content (AvgIpc) is 2.77. The molecule has 7 nitrogen and oxygen atoms in total. The lowest BCUT2D eigenvalue weighted by atomic mass is 10.2. The smallest absolute Gasteiger partial charge is 0.417 e. The van der Waals surface area contributed by atoms with Crippen molar-refractivity contribution < 1.29 is 32.3 Å². The minimum Gasteiger partial charge on any atom is -0.497 e. The van der Waals surface area contributed by atoms with Crippen LogP contribution in [0.15, 0.2) is 72.0 Å². The van der Waals surface area contributed by atoms with Crippen LogP contribution in [-0.4, -0.2) is 23.9 Å². The predicted octanol–water partition coefficient (Wildman–Crippen LogP) is 4.38. The van der Waals surface area contributed by atoms with Gasteiger partial charge in [0.1, 0.15) is 11.5 Å². The van der Waals surface area contributed by atoms with Crippen LogP contribution < -0.4 is 15.2 Å². The molecule has 2 aromatic carbocycles. The van der Waals surface area contributed by atoms with Crippen LogP contribution in [0, 0.1) is 0 Å². The van der Waals surface area contributed by atoms with E-state index < -0.39 is 17.7 Å². The maximum atomic E-state index is 12.6. The van der Waals surface area contributed by atoms with Gasteiger partial charge in [0.25, 0.3) is 0 Å². The Morgan fingerprint density at radius 2 is 1.74 bits per heavy atom. The normalized spacial score (nSPS) is 11.7. The van der Waals surface area contributed by atoms with Crippen molar-refractivity contribution in [2.24, 2.45) is 10.9 Å². The minimum atomic E-state index is -4.47. The van der Waals surface area contributed by atoms with Crippen molar-refractivity contribution >= 4 is 11.8 Å². The van der Waals surface area contributed by atoms with Crippen molar-refractivity contribution in [1.82, 2.24) is 4.98 Å². The number of methoxy groups -OCH3 is 1. The van der Waals surface area contributed by atoms with Gasteiger partial charge in [0.15, 0.2) is 5.84 Å². The van der Waals surface area contributed by atoms with Crippen molar-refractivity contribution in [3.63, 3.8) is 0 Å². The molecule has 0 saturated carbocycles. The van der Waals surface area contributed by atoms with E-state index in [0.717, 1.165) is 12.1 Å². The van der Waals surface area contributed by atoms with Gasteiger partial charge in [-0.15, -0.1) is 0 Å². The number of ether oxygens (including phenoxy) is 2. The molecular weight excluding hydrogens is 415 g/mol. The lowest BCUT2D eigenvalue weighted by Crippen LogP contribution is -2.15. The van der Waals surface area contributed by atoms with Gasteiger partial charge in [0.2, 0.25) is 5.88 Å². The summed E-state index contributed by atoms with van der Waals surface area (Å²) in [4.78, 5) is 20.5. The number of oxime groups is 1. The number of rotatable bonds is 6. The molecule has 2 N–H and O–H groups in total. The van der Waals surface area contributed by atoms with Gasteiger partial charge < -0.3 is 20.0 Å². The summed E-state index contributed by atoms with van der Waals surface area (Å²) in [5.74, 6) is 0.0296. The fourth-order valence-electron chi connectivity index (χ4n) is 2.37. The zero-order chi connectivity index (χ0) is 22.4. The first-order valence-electron chi connectivity index (χ1n) is 8.76. The van der Waals surface area contributed by atoms with Gasteiger partial charge in [-0.1, -0.05) is 11.2 Å². The van der Waals surface area contributed by atoms with Crippen LogP contribution in [0.2, 0.25) is 0 Å². The van der Waals surface area contributed by atoms with Crippen LogP contribution in [-0.2, 0) is 11.0 Å². The molecular formula is C21H16F3N3O4. The van der Waals surface area contributed by atoms with Crippen LogP contribution >= 0.6 is 0 Å². The molecule has 0 bridgehead atoms. The van der Waals surface area contributed by atoms with E-state index in [1.165, 1.54) is 43.5 Å². The summed E-state index contributed by atoms with van der Waals surface area (Å²) in [6.45, 7) is 0. The first-order chi connectivity index (χ1) is 14.8. The van der Waals surface area contributed by atoms with Crippen LogP contribution in [0.25, 0.3) is 0 Å². The highest BCUT2D eigenvalue weighted by Gasteiger charge is 2.30. The number of hydrogen-bond acceptors (Lipinski definition) is 6. The van der Waals surface area contributed by atoms with Crippen molar-refractivity contribution in [3.05, 3.63) is 83.6 Å². The Labute approximate surface area is 174 Å².